The van der Waals surface area contributed by atoms with E-state index in [4.69, 9.17) is 38.5 Å². The molecule has 4 bridgehead atoms. The summed E-state index contributed by atoms with van der Waals surface area (Å²) >= 11 is 0.740. The molecule has 2 amide bonds. The number of nitrogens with one attached hydrogen (secondary N) is 2. The molecule has 10 aliphatic rings. The Morgan fingerprint density at radius 2 is 1.07 bits per heavy atom. The summed E-state index contributed by atoms with van der Waals surface area (Å²) in [5.74, 6) is -8.60. The van der Waals surface area contributed by atoms with Crippen LogP contribution in [0.1, 0.15) is 98.4 Å². The fourth-order valence-electron chi connectivity index (χ4n) is 11.0. The molecule has 2 N–H and O–H groups in total. The number of hydrogen-bond donors (Lipinski definition) is 2. The van der Waals surface area contributed by atoms with Gasteiger partial charge in [-0.1, -0.05) is 13.8 Å². The van der Waals surface area contributed by atoms with Gasteiger partial charge in [0.05, 0.1) is 9.75 Å². The Bertz CT molecular complexity index is 1770. The predicted molar refractivity (Wildman–Crippen MR) is 183 cm³/mol. The number of alkyl halides is 6. The fourth-order valence-corrected chi connectivity index (χ4v) is 11.8. The number of hydrogen-bond acceptors (Lipinski definition) is 11. The molecule has 8 fully saturated rings. The van der Waals surface area contributed by atoms with Crippen LogP contribution in [0.3, 0.4) is 0 Å². The molecule has 2 aliphatic carbocycles. The minimum absolute atomic E-state index is 0.00326. The van der Waals surface area contributed by atoms with Gasteiger partial charge in [0.15, 0.2) is 11.2 Å². The molecular formula is C38H44F6N2O10S. The molecular weight excluding hydrogens is 790 g/mol. The maximum absolute atomic E-state index is 14.6. The molecule has 12 nitrogen and oxygen atoms in total. The summed E-state index contributed by atoms with van der Waals surface area (Å²) in [7, 11) is 0. The highest BCUT2D eigenvalue weighted by molar-refractivity contribution is 7.15. The second-order valence-corrected chi connectivity index (χ2v) is 18.3. The minimum Gasteiger partial charge on any atom is -0.456 e. The van der Waals surface area contributed by atoms with Gasteiger partial charge in [0.2, 0.25) is 35.7 Å². The summed E-state index contributed by atoms with van der Waals surface area (Å²) in [4.78, 5) is 50.3. The zero-order valence-corrected chi connectivity index (χ0v) is 32.4. The van der Waals surface area contributed by atoms with Crippen LogP contribution in [0.5, 0.6) is 0 Å². The summed E-state index contributed by atoms with van der Waals surface area (Å²) in [5.41, 5.74) is -3.12. The molecule has 0 aromatic carbocycles. The van der Waals surface area contributed by atoms with Crippen LogP contribution in [0.4, 0.5) is 26.3 Å². The number of allylic oxidation sites excluding steroid dienone is 2. The first-order valence-corrected chi connectivity index (χ1v) is 20.3. The predicted octanol–water partition coefficient (Wildman–Crippen LogP) is 7.33. The van der Waals surface area contributed by atoms with Crippen molar-refractivity contribution < 1.29 is 74.4 Å². The first kappa shape index (κ1) is 39.5. The fraction of sp³-hybridized carbons (Fsp3) is 0.737. The van der Waals surface area contributed by atoms with Crippen LogP contribution >= 0.6 is 11.3 Å². The molecule has 11 rings (SSSR count). The van der Waals surface area contributed by atoms with Crippen LogP contribution in [0.25, 0.3) is 0 Å². The summed E-state index contributed by atoms with van der Waals surface area (Å²) in [5, 5.41) is 5.14. The highest BCUT2D eigenvalue weighted by Crippen LogP contribution is 2.63. The van der Waals surface area contributed by atoms with Gasteiger partial charge in [0.1, 0.15) is 0 Å². The number of rotatable bonds is 6. The SMILES string of the molecule is C[C@@H]1CC[C@H]2C(CNC(=O)c3ccc(C(=O)NCC4=C(C(F)(F)F)O[C@@H]5O[C@@]6(C)CC[C@H]7[C@H](C)CC[C@@H]4[C@@]57OO6)s3)=C(C(F)(F)F)O[C@@H]3O[C@@]4(C)CC[C@@H]1[C@]32OO4. The number of amides is 2. The van der Waals surface area contributed by atoms with Crippen molar-refractivity contribution in [1.29, 1.82) is 0 Å². The van der Waals surface area contributed by atoms with Gasteiger partial charge in [-0.05, 0) is 76.3 Å². The van der Waals surface area contributed by atoms with Crippen LogP contribution in [-0.2, 0) is 38.5 Å². The molecule has 8 aliphatic heterocycles. The molecule has 0 unspecified atom stereocenters. The van der Waals surface area contributed by atoms with E-state index in [-0.39, 0.29) is 44.6 Å². The zero-order valence-electron chi connectivity index (χ0n) is 31.6. The molecule has 19 heteroatoms. The van der Waals surface area contributed by atoms with Crippen LogP contribution in [-0.4, -0.2) is 72.6 Å². The van der Waals surface area contributed by atoms with Gasteiger partial charge in [-0.3, -0.25) is 9.59 Å². The lowest BCUT2D eigenvalue weighted by atomic mass is 9.59. The second-order valence-electron chi connectivity index (χ2n) is 17.2. The molecule has 9 heterocycles. The summed E-state index contributed by atoms with van der Waals surface area (Å²) in [6.07, 6.45) is -8.79. The van der Waals surface area contributed by atoms with E-state index in [0.717, 1.165) is 11.3 Å². The normalized spacial score (nSPS) is 42.3. The summed E-state index contributed by atoms with van der Waals surface area (Å²) in [6.45, 7) is 6.15. The molecule has 6 saturated heterocycles. The molecule has 1 aromatic rings. The van der Waals surface area contributed by atoms with Gasteiger partial charge >= 0.3 is 12.4 Å². The number of ether oxygens (including phenoxy) is 4. The molecule has 314 valence electrons. The maximum Gasteiger partial charge on any atom is 0.449 e. The minimum atomic E-state index is -4.91. The zero-order chi connectivity index (χ0) is 40.5. The smallest absolute Gasteiger partial charge is 0.449 e. The highest BCUT2D eigenvalue weighted by atomic mass is 32.1. The van der Waals surface area contributed by atoms with E-state index >= 15 is 0 Å². The second kappa shape index (κ2) is 13.3. The van der Waals surface area contributed by atoms with Crippen molar-refractivity contribution in [2.75, 3.05) is 13.1 Å². The topological polar surface area (TPSA) is 132 Å². The van der Waals surface area contributed by atoms with E-state index in [1.807, 2.05) is 13.8 Å². The van der Waals surface area contributed by atoms with E-state index in [1.165, 1.54) is 12.1 Å². The Kier molecular flexibility index (Phi) is 9.21. The Morgan fingerprint density at radius 1 is 0.667 bits per heavy atom. The van der Waals surface area contributed by atoms with E-state index in [2.05, 4.69) is 10.6 Å². The van der Waals surface area contributed by atoms with Crippen molar-refractivity contribution >= 4 is 23.2 Å². The largest absolute Gasteiger partial charge is 0.456 e. The van der Waals surface area contributed by atoms with Crippen LogP contribution in [0.2, 0.25) is 0 Å². The van der Waals surface area contributed by atoms with Gasteiger partial charge in [0.25, 0.3) is 11.8 Å². The van der Waals surface area contributed by atoms with Crippen molar-refractivity contribution in [2.24, 2.45) is 35.5 Å². The van der Waals surface area contributed by atoms with Gasteiger partial charge in [0, 0.05) is 60.7 Å². The summed E-state index contributed by atoms with van der Waals surface area (Å²) < 4.78 is 111. The first-order valence-electron chi connectivity index (χ1n) is 19.5. The quantitative estimate of drug-likeness (QED) is 0.222. The first-order chi connectivity index (χ1) is 26.8. The standard InChI is InChI=1S/C38H44F6N2O10S/c1-17-5-7-23-19(27(37(39,40)41)49-31-35(23)21(17)11-13-33(3,51-31)53-55-35)15-45-29(47)25-9-10-26(57-25)30(48)46-16-20-24-8-6-18(2)22-12-14-34(4)52-32(36(22,24)56-54-34)50-28(20)38(42,43)44/h9-10,17-18,21-24,31-32H,5-8,11-16H2,1-4H3,(H,45,47)(H,46,48)/t17-,18-,21+,22+,23+,24+,31-,32-,33-,34-,35-,36-/m1/s1. The van der Waals surface area contributed by atoms with Crippen molar-refractivity contribution in [3.63, 3.8) is 0 Å². The third kappa shape index (κ3) is 6.14. The van der Waals surface area contributed by atoms with Gasteiger partial charge in [-0.25, -0.2) is 19.6 Å². The van der Waals surface area contributed by atoms with Crippen LogP contribution in [0.15, 0.2) is 34.8 Å². The molecule has 57 heavy (non-hydrogen) atoms. The molecule has 1 aromatic heterocycles. The molecule has 2 spiro atoms. The number of fused-ring (bicyclic) bond motifs is 4. The third-order valence-electron chi connectivity index (χ3n) is 13.8. The van der Waals surface area contributed by atoms with E-state index in [0.29, 0.717) is 51.4 Å². The number of carbonyl (C=O) groups is 2. The monoisotopic (exact) mass is 834 g/mol. The Morgan fingerprint density at radius 3 is 1.46 bits per heavy atom. The molecule has 12 atom stereocenters. The lowest BCUT2D eigenvalue weighted by Crippen LogP contribution is -2.67. The van der Waals surface area contributed by atoms with Crippen LogP contribution in [0, 0.1) is 35.5 Å². The van der Waals surface area contributed by atoms with E-state index in [9.17, 15) is 35.9 Å². The lowest BCUT2D eigenvalue weighted by molar-refractivity contribution is -0.557. The molecule has 0 radical (unpaired) electrons. The average molecular weight is 835 g/mol. The van der Waals surface area contributed by atoms with Crippen molar-refractivity contribution in [2.45, 2.75) is 127 Å². The van der Waals surface area contributed by atoms with Gasteiger partial charge < -0.3 is 29.6 Å². The number of carbonyl (C=O) groups excluding carboxylic acids is 2. The Hall–Kier alpha value is -2.94. The van der Waals surface area contributed by atoms with E-state index < -0.39 is 96.0 Å². The highest BCUT2D eigenvalue weighted by Gasteiger charge is 2.72. The van der Waals surface area contributed by atoms with Crippen molar-refractivity contribution in [1.82, 2.24) is 10.6 Å². The van der Waals surface area contributed by atoms with Crippen molar-refractivity contribution in [3.05, 3.63) is 44.6 Å². The van der Waals surface area contributed by atoms with Gasteiger partial charge in [-0.2, -0.15) is 26.3 Å². The lowest BCUT2D eigenvalue weighted by Gasteiger charge is -2.57. The van der Waals surface area contributed by atoms with E-state index in [1.54, 1.807) is 13.8 Å². The Balaban J connectivity index is 0.928. The number of halogens is 6. The maximum atomic E-state index is 14.6. The molecule has 2 saturated carbocycles. The average Bonchev–Trinajstić information content (AvgIpc) is 3.39. The third-order valence-corrected chi connectivity index (χ3v) is 14.8. The number of thiophene rings is 1. The van der Waals surface area contributed by atoms with Crippen LogP contribution < -0.4 is 10.6 Å². The Labute approximate surface area is 327 Å². The van der Waals surface area contributed by atoms with Crippen molar-refractivity contribution in [3.8, 4) is 0 Å². The summed E-state index contributed by atoms with van der Waals surface area (Å²) in [6, 6.07) is 2.65. The van der Waals surface area contributed by atoms with Gasteiger partial charge in [-0.15, -0.1) is 11.3 Å².